The first-order valence-corrected chi connectivity index (χ1v) is 12.8. The molecule has 0 spiro atoms. The predicted octanol–water partition coefficient (Wildman–Crippen LogP) is 4.49. The standard InChI is InChI=1S/C26H35ClN6O2/c1-34-11-8-30-20-2-4-21(5-3-20)33-25-13-23(24(27)16-31-25)19-12-22(15-29-14-19)32-18-26(17-28)6-9-35-10-7-26/h12-16,20-21,30,32H,2-11,18H2,1H3,(H,31,33). The fraction of sp³-hybridized carbons (Fsp3) is 0.577. The summed E-state index contributed by atoms with van der Waals surface area (Å²) in [4.78, 5) is 8.93. The summed E-state index contributed by atoms with van der Waals surface area (Å²) in [6.45, 7) is 3.46. The van der Waals surface area contributed by atoms with Crippen LogP contribution in [-0.2, 0) is 9.47 Å². The van der Waals surface area contributed by atoms with Crippen molar-refractivity contribution in [1.82, 2.24) is 15.3 Å². The molecule has 0 unspecified atom stereocenters. The highest BCUT2D eigenvalue weighted by molar-refractivity contribution is 6.33. The first kappa shape index (κ1) is 25.6. The van der Waals surface area contributed by atoms with Gasteiger partial charge in [-0.3, -0.25) is 4.98 Å². The number of methoxy groups -OCH3 is 1. The Balaban J connectivity index is 1.38. The Bertz CT molecular complexity index is 1000. The van der Waals surface area contributed by atoms with Crippen molar-refractivity contribution in [2.24, 2.45) is 5.41 Å². The molecule has 1 saturated heterocycles. The normalized spacial score (nSPS) is 21.7. The second kappa shape index (κ2) is 12.5. The number of rotatable bonds is 10. The summed E-state index contributed by atoms with van der Waals surface area (Å²) in [5.41, 5.74) is 2.26. The Morgan fingerprint density at radius 1 is 1.14 bits per heavy atom. The van der Waals surface area contributed by atoms with E-state index in [4.69, 9.17) is 21.1 Å². The Labute approximate surface area is 212 Å². The molecule has 0 aromatic carbocycles. The Hall–Kier alpha value is -2.44. The highest BCUT2D eigenvalue weighted by Crippen LogP contribution is 2.33. The number of halogens is 1. The van der Waals surface area contributed by atoms with E-state index in [1.807, 2.05) is 18.3 Å². The molecule has 4 rings (SSSR count). The van der Waals surface area contributed by atoms with Crippen LogP contribution in [-0.4, -0.2) is 62.1 Å². The maximum Gasteiger partial charge on any atom is 0.126 e. The SMILES string of the molecule is COCCNC1CCC(Nc2cc(-c3cncc(NCC4(C#N)CCOCC4)c3)c(Cl)cn2)CC1. The molecule has 0 bridgehead atoms. The minimum atomic E-state index is -0.405. The number of nitriles is 1. The largest absolute Gasteiger partial charge is 0.383 e. The van der Waals surface area contributed by atoms with Gasteiger partial charge in [-0.15, -0.1) is 0 Å². The number of aromatic nitrogens is 2. The molecule has 8 nitrogen and oxygen atoms in total. The van der Waals surface area contributed by atoms with Crippen LogP contribution in [0, 0.1) is 16.7 Å². The van der Waals surface area contributed by atoms with Crippen molar-refractivity contribution in [2.45, 2.75) is 50.6 Å². The number of anilines is 2. The molecule has 1 aliphatic heterocycles. The van der Waals surface area contributed by atoms with Crippen LogP contribution >= 0.6 is 11.6 Å². The van der Waals surface area contributed by atoms with Gasteiger partial charge in [0, 0.05) is 75.2 Å². The quantitative estimate of drug-likeness (QED) is 0.412. The molecular formula is C26H35ClN6O2. The zero-order valence-corrected chi connectivity index (χ0v) is 21.1. The highest BCUT2D eigenvalue weighted by atomic mass is 35.5. The van der Waals surface area contributed by atoms with Crippen molar-refractivity contribution in [3.8, 4) is 17.2 Å². The van der Waals surface area contributed by atoms with E-state index in [1.165, 1.54) is 0 Å². The first-order valence-electron chi connectivity index (χ1n) is 12.4. The van der Waals surface area contributed by atoms with Crippen LogP contribution in [0.3, 0.4) is 0 Å². The zero-order chi connectivity index (χ0) is 24.5. The molecule has 0 amide bonds. The van der Waals surface area contributed by atoms with Gasteiger partial charge in [0.25, 0.3) is 0 Å². The van der Waals surface area contributed by atoms with Crippen LogP contribution < -0.4 is 16.0 Å². The van der Waals surface area contributed by atoms with Crippen LogP contribution in [0.5, 0.6) is 0 Å². The van der Waals surface area contributed by atoms with E-state index in [9.17, 15) is 5.26 Å². The monoisotopic (exact) mass is 498 g/mol. The fourth-order valence-corrected chi connectivity index (χ4v) is 5.01. The number of hydrogen-bond acceptors (Lipinski definition) is 8. The van der Waals surface area contributed by atoms with Crippen molar-refractivity contribution in [3.63, 3.8) is 0 Å². The van der Waals surface area contributed by atoms with E-state index in [1.54, 1.807) is 19.5 Å². The lowest BCUT2D eigenvalue weighted by Crippen LogP contribution is -2.38. The van der Waals surface area contributed by atoms with Gasteiger partial charge in [-0.25, -0.2) is 4.98 Å². The molecule has 188 valence electrons. The third kappa shape index (κ3) is 7.05. The van der Waals surface area contributed by atoms with Crippen molar-refractivity contribution in [3.05, 3.63) is 35.7 Å². The third-order valence-electron chi connectivity index (χ3n) is 7.04. The molecule has 0 radical (unpaired) electrons. The van der Waals surface area contributed by atoms with E-state index in [0.29, 0.717) is 36.9 Å². The molecule has 2 fully saturated rings. The van der Waals surface area contributed by atoms with Gasteiger partial charge >= 0.3 is 0 Å². The number of nitrogens with one attached hydrogen (secondary N) is 3. The van der Waals surface area contributed by atoms with Crippen LogP contribution in [0.2, 0.25) is 5.02 Å². The summed E-state index contributed by atoms with van der Waals surface area (Å²) in [6, 6.07) is 7.47. The lowest BCUT2D eigenvalue weighted by atomic mass is 9.81. The van der Waals surface area contributed by atoms with Crippen LogP contribution in [0.1, 0.15) is 38.5 Å². The fourth-order valence-electron chi connectivity index (χ4n) is 4.80. The van der Waals surface area contributed by atoms with Gasteiger partial charge in [-0.1, -0.05) is 11.6 Å². The van der Waals surface area contributed by atoms with Crippen molar-refractivity contribution < 1.29 is 9.47 Å². The molecule has 3 heterocycles. The van der Waals surface area contributed by atoms with E-state index >= 15 is 0 Å². The molecular weight excluding hydrogens is 464 g/mol. The van der Waals surface area contributed by atoms with Crippen LogP contribution in [0.25, 0.3) is 11.1 Å². The van der Waals surface area contributed by atoms with E-state index in [2.05, 4.69) is 32.0 Å². The lowest BCUT2D eigenvalue weighted by molar-refractivity contribution is 0.0456. The molecule has 35 heavy (non-hydrogen) atoms. The molecule has 3 N–H and O–H groups in total. The number of pyridine rings is 2. The Morgan fingerprint density at radius 3 is 2.66 bits per heavy atom. The minimum absolute atomic E-state index is 0.393. The molecule has 2 aromatic rings. The van der Waals surface area contributed by atoms with E-state index < -0.39 is 5.41 Å². The van der Waals surface area contributed by atoms with E-state index in [0.717, 1.165) is 74.3 Å². The maximum absolute atomic E-state index is 9.72. The lowest BCUT2D eigenvalue weighted by Gasteiger charge is -2.31. The van der Waals surface area contributed by atoms with Crippen molar-refractivity contribution in [2.75, 3.05) is 50.7 Å². The second-order valence-corrected chi connectivity index (χ2v) is 9.92. The van der Waals surface area contributed by atoms with Gasteiger partial charge in [-0.05, 0) is 50.7 Å². The van der Waals surface area contributed by atoms with E-state index in [-0.39, 0.29) is 0 Å². The van der Waals surface area contributed by atoms with Gasteiger partial charge in [-0.2, -0.15) is 5.26 Å². The van der Waals surface area contributed by atoms with Gasteiger partial charge < -0.3 is 25.4 Å². The number of nitrogens with zero attached hydrogens (tertiary/aromatic N) is 3. The zero-order valence-electron chi connectivity index (χ0n) is 20.4. The summed E-state index contributed by atoms with van der Waals surface area (Å²) < 4.78 is 10.6. The Kier molecular flexibility index (Phi) is 9.16. The van der Waals surface area contributed by atoms with Gasteiger partial charge in [0.15, 0.2) is 0 Å². The highest BCUT2D eigenvalue weighted by Gasteiger charge is 2.32. The van der Waals surface area contributed by atoms with Crippen molar-refractivity contribution >= 4 is 23.1 Å². The molecule has 1 aliphatic carbocycles. The molecule has 0 atom stereocenters. The molecule has 2 aromatic heterocycles. The van der Waals surface area contributed by atoms with Gasteiger partial charge in [0.1, 0.15) is 5.82 Å². The maximum atomic E-state index is 9.72. The van der Waals surface area contributed by atoms with Crippen LogP contribution in [0.4, 0.5) is 11.5 Å². The topological polar surface area (TPSA) is 104 Å². The van der Waals surface area contributed by atoms with Gasteiger partial charge in [0.05, 0.1) is 28.8 Å². The van der Waals surface area contributed by atoms with Gasteiger partial charge in [0.2, 0.25) is 0 Å². The molecule has 1 saturated carbocycles. The number of ether oxygens (including phenoxy) is 2. The Morgan fingerprint density at radius 2 is 1.91 bits per heavy atom. The summed E-state index contributed by atoms with van der Waals surface area (Å²) in [7, 11) is 1.73. The average molecular weight is 499 g/mol. The first-order chi connectivity index (χ1) is 17.1. The number of hydrogen-bond donors (Lipinski definition) is 3. The summed E-state index contributed by atoms with van der Waals surface area (Å²) >= 11 is 6.53. The molecule has 9 heteroatoms. The summed E-state index contributed by atoms with van der Waals surface area (Å²) in [5, 5.41) is 20.9. The minimum Gasteiger partial charge on any atom is -0.383 e. The predicted molar refractivity (Wildman–Crippen MR) is 139 cm³/mol. The van der Waals surface area contributed by atoms with Crippen molar-refractivity contribution in [1.29, 1.82) is 5.26 Å². The van der Waals surface area contributed by atoms with Crippen LogP contribution in [0.15, 0.2) is 30.7 Å². The second-order valence-electron chi connectivity index (χ2n) is 9.51. The molecule has 2 aliphatic rings. The summed E-state index contributed by atoms with van der Waals surface area (Å²) in [6.07, 6.45) is 11.2. The smallest absolute Gasteiger partial charge is 0.126 e. The summed E-state index contributed by atoms with van der Waals surface area (Å²) in [5.74, 6) is 0.823. The average Bonchev–Trinajstić information content (AvgIpc) is 2.90. The third-order valence-corrected chi connectivity index (χ3v) is 7.34.